The summed E-state index contributed by atoms with van der Waals surface area (Å²) in [5.41, 5.74) is 2.55. The van der Waals surface area contributed by atoms with Crippen LogP contribution in [0.2, 0.25) is 0 Å². The molecule has 166 valence electrons. The number of hydrogen-bond acceptors (Lipinski definition) is 8. The van der Waals surface area contributed by atoms with Crippen molar-refractivity contribution >= 4 is 38.6 Å². The van der Waals surface area contributed by atoms with Crippen LogP contribution in [0.15, 0.2) is 40.7 Å². The number of nitrogens with zero attached hydrogens (tertiary/aromatic N) is 2. The highest BCUT2D eigenvalue weighted by molar-refractivity contribution is 7.92. The Balaban J connectivity index is 1.58. The first-order chi connectivity index (χ1) is 15.3. The molecule has 4 heterocycles. The van der Waals surface area contributed by atoms with Crippen LogP contribution in [0.4, 0.5) is 11.5 Å². The summed E-state index contributed by atoms with van der Waals surface area (Å²) < 4.78 is 40.7. The van der Waals surface area contributed by atoms with Crippen LogP contribution in [-0.2, 0) is 16.4 Å². The molecule has 1 N–H and O–H groups in total. The van der Waals surface area contributed by atoms with E-state index >= 15 is 0 Å². The summed E-state index contributed by atoms with van der Waals surface area (Å²) in [6, 6.07) is 6.99. The van der Waals surface area contributed by atoms with Crippen LogP contribution in [-0.4, -0.2) is 46.0 Å². The number of nitrogens with one attached hydrogen (secondary N) is 1. The number of rotatable bonds is 5. The van der Waals surface area contributed by atoms with Gasteiger partial charge in [0.1, 0.15) is 17.3 Å². The fraction of sp³-hybridized carbons (Fsp3) is 0.273. The standard InChI is InChI=1S/C22H21N3O5S2/c1-13(26)21-17(4-8-31-21)24-32(27,28)19-11-15(9-14-3-6-30-20(14)19)16-10-18-22(23-12-16)25(2)5-7-29-18/h4,8-12,24H,3,5-7H2,1-2H3. The predicted molar refractivity (Wildman–Crippen MR) is 123 cm³/mol. The maximum atomic E-state index is 13.3. The Kier molecular flexibility index (Phi) is 5.06. The molecule has 0 amide bonds. The van der Waals surface area contributed by atoms with E-state index in [-0.39, 0.29) is 16.4 Å². The van der Waals surface area contributed by atoms with Crippen LogP contribution in [0, 0.1) is 0 Å². The van der Waals surface area contributed by atoms with Crippen molar-refractivity contribution in [1.29, 1.82) is 0 Å². The number of fused-ring (bicyclic) bond motifs is 2. The Hall–Kier alpha value is -3.11. The first-order valence-electron chi connectivity index (χ1n) is 10.1. The van der Waals surface area contributed by atoms with Crippen LogP contribution in [0.1, 0.15) is 22.2 Å². The Labute approximate surface area is 189 Å². The zero-order valence-corrected chi connectivity index (χ0v) is 19.2. The second-order valence-electron chi connectivity index (χ2n) is 7.70. The van der Waals surface area contributed by atoms with Crippen molar-refractivity contribution in [3.8, 4) is 22.6 Å². The highest BCUT2D eigenvalue weighted by Crippen LogP contribution is 2.40. The normalized spacial score (nSPS) is 14.9. The molecule has 32 heavy (non-hydrogen) atoms. The molecule has 0 fully saturated rings. The van der Waals surface area contributed by atoms with E-state index < -0.39 is 10.0 Å². The molecule has 1 aromatic carbocycles. The molecule has 0 unspecified atom stereocenters. The molecule has 5 rings (SSSR count). The van der Waals surface area contributed by atoms with Crippen molar-refractivity contribution in [3.05, 3.63) is 46.3 Å². The van der Waals surface area contributed by atoms with Crippen LogP contribution in [0.3, 0.4) is 0 Å². The lowest BCUT2D eigenvalue weighted by Crippen LogP contribution is -2.29. The summed E-state index contributed by atoms with van der Waals surface area (Å²) in [4.78, 5) is 18.8. The second-order valence-corrected chi connectivity index (χ2v) is 10.3. The zero-order chi connectivity index (χ0) is 22.5. The molecular weight excluding hydrogens is 450 g/mol. The van der Waals surface area contributed by atoms with Gasteiger partial charge in [-0.2, -0.15) is 0 Å². The van der Waals surface area contributed by atoms with Crippen molar-refractivity contribution in [3.63, 3.8) is 0 Å². The fourth-order valence-electron chi connectivity index (χ4n) is 3.89. The lowest BCUT2D eigenvalue weighted by atomic mass is 10.0. The molecule has 0 atom stereocenters. The van der Waals surface area contributed by atoms with Gasteiger partial charge in [0, 0.05) is 32.2 Å². The number of benzene rings is 1. The van der Waals surface area contributed by atoms with Crippen molar-refractivity contribution < 1.29 is 22.7 Å². The molecular formula is C22H21N3O5S2. The minimum Gasteiger partial charge on any atom is -0.492 e. The third kappa shape index (κ3) is 3.59. The zero-order valence-electron chi connectivity index (χ0n) is 17.5. The third-order valence-corrected chi connectivity index (χ3v) is 7.87. The highest BCUT2D eigenvalue weighted by atomic mass is 32.2. The van der Waals surface area contributed by atoms with E-state index in [1.54, 1.807) is 23.7 Å². The van der Waals surface area contributed by atoms with Crippen molar-refractivity contribution in [2.45, 2.75) is 18.2 Å². The monoisotopic (exact) mass is 471 g/mol. The molecule has 0 spiro atoms. The van der Waals surface area contributed by atoms with Gasteiger partial charge in [0.25, 0.3) is 10.0 Å². The van der Waals surface area contributed by atoms with Gasteiger partial charge in [0.05, 0.1) is 23.7 Å². The Morgan fingerprint density at radius 3 is 2.84 bits per heavy atom. The number of aromatic nitrogens is 1. The number of ether oxygens (including phenoxy) is 2. The minimum absolute atomic E-state index is 0.0407. The molecule has 0 radical (unpaired) electrons. The number of anilines is 2. The Bertz CT molecular complexity index is 1330. The Morgan fingerprint density at radius 2 is 2.03 bits per heavy atom. The highest BCUT2D eigenvalue weighted by Gasteiger charge is 2.28. The number of thiophene rings is 1. The van der Waals surface area contributed by atoms with Gasteiger partial charge < -0.3 is 14.4 Å². The molecule has 0 bridgehead atoms. The topological polar surface area (TPSA) is 97.8 Å². The number of likely N-dealkylation sites (N-methyl/N-ethyl adjacent to an activating group) is 1. The summed E-state index contributed by atoms with van der Waals surface area (Å²) in [6.07, 6.45) is 2.33. The molecule has 0 saturated carbocycles. The predicted octanol–water partition coefficient (Wildman–Crippen LogP) is 3.58. The number of carbonyl (C=O) groups excluding carboxylic acids is 1. The van der Waals surface area contributed by atoms with E-state index in [1.807, 2.05) is 24.1 Å². The number of hydrogen-bond donors (Lipinski definition) is 1. The van der Waals surface area contributed by atoms with Gasteiger partial charge in [-0.05, 0) is 40.8 Å². The fourth-order valence-corrected chi connectivity index (χ4v) is 5.99. The number of Topliss-reactive ketones (excluding diaryl/α,β-unsaturated/α-hetero) is 1. The molecule has 10 heteroatoms. The van der Waals surface area contributed by atoms with E-state index in [1.165, 1.54) is 18.3 Å². The smallest absolute Gasteiger partial charge is 0.265 e. The molecule has 2 aliphatic rings. The molecule has 2 aromatic heterocycles. The minimum atomic E-state index is -4.00. The van der Waals surface area contributed by atoms with Crippen molar-refractivity contribution in [2.24, 2.45) is 0 Å². The first kappa shape index (κ1) is 20.8. The largest absolute Gasteiger partial charge is 0.492 e. The van der Waals surface area contributed by atoms with E-state index in [4.69, 9.17) is 9.47 Å². The van der Waals surface area contributed by atoms with Gasteiger partial charge in [0.2, 0.25) is 0 Å². The average Bonchev–Trinajstić information content (AvgIpc) is 3.41. The van der Waals surface area contributed by atoms with Crippen LogP contribution in [0.25, 0.3) is 11.1 Å². The molecule has 8 nitrogen and oxygen atoms in total. The van der Waals surface area contributed by atoms with E-state index in [2.05, 4.69) is 9.71 Å². The number of carbonyl (C=O) groups is 1. The van der Waals surface area contributed by atoms with Gasteiger partial charge in [-0.15, -0.1) is 11.3 Å². The maximum Gasteiger partial charge on any atom is 0.265 e. The summed E-state index contributed by atoms with van der Waals surface area (Å²) in [5, 5.41) is 1.68. The number of pyridine rings is 1. The van der Waals surface area contributed by atoms with Crippen LogP contribution in [0.5, 0.6) is 11.5 Å². The summed E-state index contributed by atoms with van der Waals surface area (Å²) >= 11 is 1.20. The lowest BCUT2D eigenvalue weighted by Gasteiger charge is -2.26. The summed E-state index contributed by atoms with van der Waals surface area (Å²) in [7, 11) is -2.05. The molecule has 0 saturated heterocycles. The maximum absolute atomic E-state index is 13.3. The summed E-state index contributed by atoms with van der Waals surface area (Å²) in [6.45, 7) is 3.15. The molecule has 0 aliphatic carbocycles. The molecule has 2 aliphatic heterocycles. The van der Waals surface area contributed by atoms with Crippen molar-refractivity contribution in [1.82, 2.24) is 4.98 Å². The average molecular weight is 472 g/mol. The van der Waals surface area contributed by atoms with E-state index in [0.29, 0.717) is 41.6 Å². The van der Waals surface area contributed by atoms with Crippen LogP contribution < -0.4 is 19.1 Å². The van der Waals surface area contributed by atoms with Gasteiger partial charge in [-0.1, -0.05) is 0 Å². The number of ketones is 1. The van der Waals surface area contributed by atoms with Crippen molar-refractivity contribution in [2.75, 3.05) is 36.4 Å². The number of sulfonamides is 1. The van der Waals surface area contributed by atoms with Gasteiger partial charge >= 0.3 is 0 Å². The summed E-state index contributed by atoms with van der Waals surface area (Å²) in [5.74, 6) is 1.58. The SMILES string of the molecule is CC(=O)c1sccc1NS(=O)(=O)c1cc(-c2cnc3c(c2)OCCN3C)cc2c1OCC2. The third-order valence-electron chi connectivity index (χ3n) is 5.48. The van der Waals surface area contributed by atoms with E-state index in [9.17, 15) is 13.2 Å². The van der Waals surface area contributed by atoms with Crippen LogP contribution >= 0.6 is 11.3 Å². The van der Waals surface area contributed by atoms with Gasteiger partial charge in [0.15, 0.2) is 17.4 Å². The lowest BCUT2D eigenvalue weighted by molar-refractivity contribution is 0.102. The first-order valence-corrected chi connectivity index (χ1v) is 12.4. The quantitative estimate of drug-likeness (QED) is 0.568. The molecule has 3 aromatic rings. The Morgan fingerprint density at radius 1 is 1.19 bits per heavy atom. The van der Waals surface area contributed by atoms with E-state index in [0.717, 1.165) is 23.5 Å². The van der Waals surface area contributed by atoms with Gasteiger partial charge in [-0.3, -0.25) is 9.52 Å². The van der Waals surface area contributed by atoms with Gasteiger partial charge in [-0.25, -0.2) is 13.4 Å². The second kappa shape index (κ2) is 7.79.